The van der Waals surface area contributed by atoms with E-state index in [1.807, 2.05) is 31.2 Å². The molecule has 1 heterocycles. The number of rotatable bonds is 6. The summed E-state index contributed by atoms with van der Waals surface area (Å²) in [6.45, 7) is 2.68. The second-order valence-electron chi connectivity index (χ2n) is 4.87. The van der Waals surface area contributed by atoms with Crippen molar-refractivity contribution in [2.45, 2.75) is 13.5 Å². The van der Waals surface area contributed by atoms with E-state index in [0.717, 1.165) is 5.56 Å². The summed E-state index contributed by atoms with van der Waals surface area (Å²) in [5.41, 5.74) is 1.62. The Kier molecular flexibility index (Phi) is 5.17. The fraction of sp³-hybridized carbons (Fsp3) is 0.188. The third kappa shape index (κ3) is 3.77. The predicted octanol–water partition coefficient (Wildman–Crippen LogP) is 4.15. The highest BCUT2D eigenvalue weighted by Crippen LogP contribution is 2.39. The van der Waals surface area contributed by atoms with Gasteiger partial charge in [0.1, 0.15) is 6.61 Å². The van der Waals surface area contributed by atoms with Crippen LogP contribution in [0.4, 0.5) is 0 Å². The summed E-state index contributed by atoms with van der Waals surface area (Å²) in [4.78, 5) is 0. The Labute approximate surface area is 148 Å². The molecule has 0 bridgehead atoms. The van der Waals surface area contributed by atoms with Gasteiger partial charge in [-0.15, -0.1) is 10.2 Å². The minimum absolute atomic E-state index is 0.321. The molecular weight excluding hydrogens is 351 g/mol. The molecule has 124 valence electrons. The number of hydrogen-bond acceptors (Lipinski definition) is 5. The van der Waals surface area contributed by atoms with Gasteiger partial charge in [0.05, 0.1) is 11.6 Å². The van der Waals surface area contributed by atoms with Gasteiger partial charge < -0.3 is 9.47 Å². The minimum atomic E-state index is 0.321. The number of nitrogens with zero attached hydrogens (tertiary/aromatic N) is 3. The van der Waals surface area contributed by atoms with Crippen LogP contribution >= 0.6 is 23.2 Å². The summed E-state index contributed by atoms with van der Waals surface area (Å²) in [7, 11) is 0. The molecule has 2 aromatic carbocycles. The fourth-order valence-electron chi connectivity index (χ4n) is 2.17. The molecule has 0 aliphatic rings. The van der Waals surface area contributed by atoms with Crippen LogP contribution in [-0.4, -0.2) is 27.2 Å². The van der Waals surface area contributed by atoms with Gasteiger partial charge in [-0.05, 0) is 42.0 Å². The van der Waals surface area contributed by atoms with E-state index in [0.29, 0.717) is 46.1 Å². The lowest BCUT2D eigenvalue weighted by Crippen LogP contribution is -2.01. The average molecular weight is 365 g/mol. The number of tetrazole rings is 1. The van der Waals surface area contributed by atoms with Gasteiger partial charge >= 0.3 is 0 Å². The molecule has 8 heteroatoms. The first-order valence-electron chi connectivity index (χ1n) is 7.24. The molecule has 0 saturated carbocycles. The van der Waals surface area contributed by atoms with Gasteiger partial charge in [-0.3, -0.25) is 0 Å². The van der Waals surface area contributed by atoms with E-state index in [1.165, 1.54) is 0 Å². The summed E-state index contributed by atoms with van der Waals surface area (Å²) < 4.78 is 11.5. The van der Waals surface area contributed by atoms with Crippen LogP contribution in [-0.2, 0) is 6.61 Å². The highest BCUT2D eigenvalue weighted by atomic mass is 35.5. The summed E-state index contributed by atoms with van der Waals surface area (Å²) in [5.74, 6) is 1.41. The van der Waals surface area contributed by atoms with E-state index in [9.17, 15) is 0 Å². The van der Waals surface area contributed by atoms with Gasteiger partial charge in [0, 0.05) is 10.6 Å². The smallest absolute Gasteiger partial charge is 0.204 e. The van der Waals surface area contributed by atoms with E-state index < -0.39 is 0 Å². The summed E-state index contributed by atoms with van der Waals surface area (Å²) >= 11 is 12.4. The maximum absolute atomic E-state index is 6.37. The Morgan fingerprint density at radius 1 is 1.12 bits per heavy atom. The molecule has 1 N–H and O–H groups in total. The highest BCUT2D eigenvalue weighted by molar-refractivity contribution is 6.32. The van der Waals surface area contributed by atoms with Crippen LogP contribution in [0.1, 0.15) is 12.5 Å². The van der Waals surface area contributed by atoms with Crippen molar-refractivity contribution in [1.82, 2.24) is 20.6 Å². The molecule has 6 nitrogen and oxygen atoms in total. The van der Waals surface area contributed by atoms with Gasteiger partial charge in [0.2, 0.25) is 5.82 Å². The second-order valence-corrected chi connectivity index (χ2v) is 5.72. The number of ether oxygens (including phenoxy) is 2. The molecule has 0 atom stereocenters. The lowest BCUT2D eigenvalue weighted by atomic mass is 10.2. The van der Waals surface area contributed by atoms with Gasteiger partial charge in [0.25, 0.3) is 0 Å². The summed E-state index contributed by atoms with van der Waals surface area (Å²) in [6.07, 6.45) is 0. The standard InChI is InChI=1S/C16H14Cl2N4O2/c1-2-23-14-8-11(16-19-21-22-20-16)7-13(18)15(14)24-9-10-4-3-5-12(17)6-10/h3-8H,2,9H2,1H3,(H,19,20,21,22). The first-order valence-corrected chi connectivity index (χ1v) is 8.00. The van der Waals surface area contributed by atoms with Crippen LogP contribution < -0.4 is 9.47 Å². The Balaban J connectivity index is 1.88. The predicted molar refractivity (Wildman–Crippen MR) is 91.6 cm³/mol. The molecule has 0 spiro atoms. The number of benzene rings is 2. The van der Waals surface area contributed by atoms with Crippen molar-refractivity contribution in [2.75, 3.05) is 6.61 Å². The minimum Gasteiger partial charge on any atom is -0.490 e. The van der Waals surface area contributed by atoms with Crippen LogP contribution in [0.3, 0.4) is 0 Å². The molecule has 0 saturated heterocycles. The third-order valence-corrected chi connectivity index (χ3v) is 3.70. The largest absolute Gasteiger partial charge is 0.490 e. The molecule has 24 heavy (non-hydrogen) atoms. The molecule has 0 unspecified atom stereocenters. The van der Waals surface area contributed by atoms with Crippen molar-refractivity contribution in [3.05, 3.63) is 52.0 Å². The Bertz CT molecular complexity index is 825. The van der Waals surface area contributed by atoms with Crippen molar-refractivity contribution in [3.8, 4) is 22.9 Å². The molecule has 3 aromatic rings. The zero-order chi connectivity index (χ0) is 16.9. The topological polar surface area (TPSA) is 72.9 Å². The van der Waals surface area contributed by atoms with E-state index in [2.05, 4.69) is 20.6 Å². The van der Waals surface area contributed by atoms with Crippen LogP contribution in [0.5, 0.6) is 11.5 Å². The number of nitrogens with one attached hydrogen (secondary N) is 1. The van der Waals surface area contributed by atoms with E-state index in [-0.39, 0.29) is 0 Å². The number of halogens is 2. The van der Waals surface area contributed by atoms with Crippen molar-refractivity contribution in [1.29, 1.82) is 0 Å². The first-order chi connectivity index (χ1) is 11.7. The molecule has 1 aromatic heterocycles. The zero-order valence-electron chi connectivity index (χ0n) is 12.8. The number of hydrogen-bond donors (Lipinski definition) is 1. The van der Waals surface area contributed by atoms with Crippen LogP contribution in [0.2, 0.25) is 10.0 Å². The number of aromatic amines is 1. The molecule has 0 radical (unpaired) electrons. The molecule has 0 amide bonds. The van der Waals surface area contributed by atoms with Gasteiger partial charge in [-0.1, -0.05) is 35.3 Å². The maximum atomic E-state index is 6.37. The monoisotopic (exact) mass is 364 g/mol. The molecule has 0 fully saturated rings. The van der Waals surface area contributed by atoms with Crippen molar-refractivity contribution < 1.29 is 9.47 Å². The SMILES string of the molecule is CCOc1cc(-c2nn[nH]n2)cc(Cl)c1OCc1cccc(Cl)c1. The highest BCUT2D eigenvalue weighted by Gasteiger charge is 2.15. The zero-order valence-corrected chi connectivity index (χ0v) is 14.3. The van der Waals surface area contributed by atoms with Crippen molar-refractivity contribution >= 4 is 23.2 Å². The Morgan fingerprint density at radius 3 is 2.71 bits per heavy atom. The molecular formula is C16H14Cl2N4O2. The van der Waals surface area contributed by atoms with E-state index in [4.69, 9.17) is 32.7 Å². The van der Waals surface area contributed by atoms with Gasteiger partial charge in [0.15, 0.2) is 11.5 Å². The van der Waals surface area contributed by atoms with Crippen molar-refractivity contribution in [2.24, 2.45) is 0 Å². The van der Waals surface area contributed by atoms with Gasteiger partial charge in [-0.2, -0.15) is 5.21 Å². The average Bonchev–Trinajstić information content (AvgIpc) is 3.09. The van der Waals surface area contributed by atoms with Crippen LogP contribution in [0.25, 0.3) is 11.4 Å². The molecule has 0 aliphatic carbocycles. The summed E-state index contributed by atoms with van der Waals surface area (Å²) in [6, 6.07) is 10.9. The quantitative estimate of drug-likeness (QED) is 0.710. The first kappa shape index (κ1) is 16.5. The normalized spacial score (nSPS) is 10.6. The molecule has 3 rings (SSSR count). The third-order valence-electron chi connectivity index (χ3n) is 3.19. The van der Waals surface area contributed by atoms with Crippen LogP contribution in [0.15, 0.2) is 36.4 Å². The Hall–Kier alpha value is -2.31. The van der Waals surface area contributed by atoms with Crippen LogP contribution in [0, 0.1) is 0 Å². The lowest BCUT2D eigenvalue weighted by molar-refractivity contribution is 0.269. The van der Waals surface area contributed by atoms with Gasteiger partial charge in [-0.25, -0.2) is 0 Å². The second kappa shape index (κ2) is 7.51. The lowest BCUT2D eigenvalue weighted by Gasteiger charge is -2.14. The number of H-pyrrole nitrogens is 1. The van der Waals surface area contributed by atoms with Crippen molar-refractivity contribution in [3.63, 3.8) is 0 Å². The van der Waals surface area contributed by atoms with E-state index in [1.54, 1.807) is 12.1 Å². The fourth-order valence-corrected chi connectivity index (χ4v) is 2.64. The maximum Gasteiger partial charge on any atom is 0.204 e. The summed E-state index contributed by atoms with van der Waals surface area (Å²) in [5, 5.41) is 14.9. The van der Waals surface area contributed by atoms with E-state index >= 15 is 0 Å². The molecule has 0 aliphatic heterocycles. The Morgan fingerprint density at radius 2 is 2.00 bits per heavy atom. The number of aromatic nitrogens is 4.